The lowest BCUT2D eigenvalue weighted by atomic mass is 9.87. The van der Waals surface area contributed by atoms with Gasteiger partial charge in [-0.25, -0.2) is 8.42 Å². The molecule has 0 aliphatic carbocycles. The lowest BCUT2D eigenvalue weighted by Crippen LogP contribution is -2.12. The summed E-state index contributed by atoms with van der Waals surface area (Å²) in [5.41, 5.74) is 1.99. The molecule has 0 N–H and O–H groups in total. The molecule has 5 nitrogen and oxygen atoms in total. The molecule has 0 atom stereocenters. The van der Waals surface area contributed by atoms with Crippen LogP contribution in [0.4, 0.5) is 0 Å². The first-order chi connectivity index (χ1) is 9.20. The van der Waals surface area contributed by atoms with Crippen molar-refractivity contribution in [1.29, 1.82) is 0 Å². The molecule has 0 aliphatic heterocycles. The van der Waals surface area contributed by atoms with Crippen LogP contribution in [-0.2, 0) is 28.1 Å². The molecule has 0 fully saturated rings. The molecule has 0 spiro atoms. The minimum Gasteiger partial charge on any atom is -0.308 e. The summed E-state index contributed by atoms with van der Waals surface area (Å²) in [6.07, 6.45) is 1.38. The van der Waals surface area contributed by atoms with Crippen LogP contribution in [0.25, 0.3) is 0 Å². The van der Waals surface area contributed by atoms with Crippen molar-refractivity contribution in [1.82, 2.24) is 14.8 Å². The largest absolute Gasteiger partial charge is 0.308 e. The number of nitrogens with zero attached hydrogens (tertiary/aromatic N) is 3. The normalized spacial score (nSPS) is 12.6. The number of benzene rings is 1. The zero-order chi connectivity index (χ0) is 15.0. The molecule has 2 aromatic rings. The second-order valence-electron chi connectivity index (χ2n) is 5.93. The van der Waals surface area contributed by atoms with E-state index >= 15 is 0 Å². The van der Waals surface area contributed by atoms with Gasteiger partial charge in [-0.3, -0.25) is 0 Å². The molecule has 0 radical (unpaired) electrons. The van der Waals surface area contributed by atoms with Crippen molar-refractivity contribution in [3.63, 3.8) is 0 Å². The van der Waals surface area contributed by atoms with Crippen LogP contribution < -0.4 is 0 Å². The molecule has 1 heterocycles. The molecule has 6 heteroatoms. The zero-order valence-electron chi connectivity index (χ0n) is 12.2. The maximum absolute atomic E-state index is 12.2. The van der Waals surface area contributed by atoms with Gasteiger partial charge in [0.2, 0.25) is 15.0 Å². The fraction of sp³-hybridized carbons (Fsp3) is 0.429. The summed E-state index contributed by atoms with van der Waals surface area (Å²) in [5.74, 6) is -0.0655. The minimum absolute atomic E-state index is 0.00241. The first kappa shape index (κ1) is 14.7. The molecule has 0 aliphatic rings. The quantitative estimate of drug-likeness (QED) is 0.869. The Morgan fingerprint density at radius 1 is 1.15 bits per heavy atom. The van der Waals surface area contributed by atoms with Crippen LogP contribution in [-0.4, -0.2) is 23.2 Å². The molecule has 108 valence electrons. The predicted molar refractivity (Wildman–Crippen MR) is 77.0 cm³/mol. The molecule has 1 aromatic heterocycles. The monoisotopic (exact) mass is 293 g/mol. The van der Waals surface area contributed by atoms with Crippen molar-refractivity contribution < 1.29 is 8.42 Å². The maximum atomic E-state index is 12.2. The SMILES string of the molecule is Cn1cnnc1S(=O)(=O)Cc1ccc(C(C)(C)C)cc1. The van der Waals surface area contributed by atoms with E-state index in [2.05, 4.69) is 31.0 Å². The van der Waals surface area contributed by atoms with Crippen LogP contribution in [0.3, 0.4) is 0 Å². The molecule has 0 saturated carbocycles. The van der Waals surface area contributed by atoms with Gasteiger partial charge in [-0.05, 0) is 16.5 Å². The Morgan fingerprint density at radius 2 is 1.75 bits per heavy atom. The third kappa shape index (κ3) is 3.07. The van der Waals surface area contributed by atoms with Gasteiger partial charge in [0.05, 0.1) is 5.75 Å². The van der Waals surface area contributed by atoms with Crippen molar-refractivity contribution in [2.75, 3.05) is 0 Å². The Labute approximate surface area is 119 Å². The van der Waals surface area contributed by atoms with E-state index < -0.39 is 9.84 Å². The molecular formula is C14H19N3O2S. The van der Waals surface area contributed by atoms with Gasteiger partial charge in [0.15, 0.2) is 0 Å². The third-order valence-corrected chi connectivity index (χ3v) is 4.76. The van der Waals surface area contributed by atoms with Crippen molar-refractivity contribution >= 4 is 9.84 Å². The maximum Gasteiger partial charge on any atom is 0.249 e. The number of rotatable bonds is 3. The summed E-state index contributed by atoms with van der Waals surface area (Å²) >= 11 is 0. The Balaban J connectivity index is 2.25. The molecule has 20 heavy (non-hydrogen) atoms. The highest BCUT2D eigenvalue weighted by molar-refractivity contribution is 7.90. The van der Waals surface area contributed by atoms with E-state index in [1.807, 2.05) is 24.3 Å². The molecule has 0 saturated heterocycles. The van der Waals surface area contributed by atoms with Gasteiger partial charge in [0, 0.05) is 7.05 Å². The van der Waals surface area contributed by atoms with E-state index in [-0.39, 0.29) is 16.3 Å². The van der Waals surface area contributed by atoms with E-state index in [0.29, 0.717) is 0 Å². The fourth-order valence-electron chi connectivity index (χ4n) is 1.94. The highest BCUT2D eigenvalue weighted by Crippen LogP contribution is 2.23. The van der Waals surface area contributed by atoms with Gasteiger partial charge in [-0.1, -0.05) is 45.0 Å². The van der Waals surface area contributed by atoms with E-state index in [4.69, 9.17) is 0 Å². The summed E-state index contributed by atoms with van der Waals surface area (Å²) in [5, 5.41) is 7.27. The molecule has 1 aromatic carbocycles. The Bertz CT molecular complexity index is 695. The first-order valence-electron chi connectivity index (χ1n) is 6.36. The van der Waals surface area contributed by atoms with Crippen LogP contribution in [0, 0.1) is 0 Å². The van der Waals surface area contributed by atoms with Crippen LogP contribution in [0.2, 0.25) is 0 Å². The number of aromatic nitrogens is 3. The van der Waals surface area contributed by atoms with Gasteiger partial charge in [-0.2, -0.15) is 0 Å². The van der Waals surface area contributed by atoms with Gasteiger partial charge >= 0.3 is 0 Å². The average Bonchev–Trinajstić information content (AvgIpc) is 2.75. The van der Waals surface area contributed by atoms with Crippen molar-refractivity contribution in [2.45, 2.75) is 37.1 Å². The Morgan fingerprint density at radius 3 is 2.20 bits per heavy atom. The Hall–Kier alpha value is -1.69. The second-order valence-corrected chi connectivity index (χ2v) is 7.81. The van der Waals surface area contributed by atoms with Crippen LogP contribution in [0.15, 0.2) is 35.7 Å². The van der Waals surface area contributed by atoms with Crippen molar-refractivity contribution in [3.05, 3.63) is 41.7 Å². The number of aryl methyl sites for hydroxylation is 1. The summed E-state index contributed by atoms with van der Waals surface area (Å²) in [4.78, 5) is 0. The number of hydrogen-bond donors (Lipinski definition) is 0. The lowest BCUT2D eigenvalue weighted by molar-refractivity contribution is 0.577. The van der Waals surface area contributed by atoms with Gasteiger partial charge in [0.25, 0.3) is 0 Å². The first-order valence-corrected chi connectivity index (χ1v) is 8.01. The molecule has 0 unspecified atom stereocenters. The van der Waals surface area contributed by atoms with Crippen LogP contribution in [0.5, 0.6) is 0 Å². The second kappa shape index (κ2) is 5.01. The smallest absolute Gasteiger partial charge is 0.249 e. The highest BCUT2D eigenvalue weighted by atomic mass is 32.2. The number of sulfone groups is 1. The van der Waals surface area contributed by atoms with Crippen molar-refractivity contribution in [2.24, 2.45) is 7.05 Å². The molecule has 2 rings (SSSR count). The molecular weight excluding hydrogens is 274 g/mol. The van der Waals surface area contributed by atoms with Gasteiger partial charge in [0.1, 0.15) is 6.33 Å². The molecule has 0 amide bonds. The lowest BCUT2D eigenvalue weighted by Gasteiger charge is -2.19. The summed E-state index contributed by atoms with van der Waals surface area (Å²) in [7, 11) is -1.84. The third-order valence-electron chi connectivity index (χ3n) is 3.12. The standard InChI is InChI=1S/C14H19N3O2S/c1-14(2,3)12-7-5-11(6-8-12)9-20(18,19)13-16-15-10-17(13)4/h5-8,10H,9H2,1-4H3. The van der Waals surface area contributed by atoms with Crippen LogP contribution >= 0.6 is 0 Å². The van der Waals surface area contributed by atoms with Crippen molar-refractivity contribution in [3.8, 4) is 0 Å². The molecule has 0 bridgehead atoms. The Kier molecular flexibility index (Phi) is 3.69. The summed E-state index contributed by atoms with van der Waals surface area (Å²) in [6.45, 7) is 6.37. The van der Waals surface area contributed by atoms with E-state index in [9.17, 15) is 8.42 Å². The highest BCUT2D eigenvalue weighted by Gasteiger charge is 2.21. The minimum atomic E-state index is -3.46. The van der Waals surface area contributed by atoms with Gasteiger partial charge < -0.3 is 4.57 Å². The fourth-order valence-corrected chi connectivity index (χ4v) is 3.36. The predicted octanol–water partition coefficient (Wildman–Crippen LogP) is 2.09. The van der Waals surface area contributed by atoms with Crippen LogP contribution in [0.1, 0.15) is 31.9 Å². The van der Waals surface area contributed by atoms with E-state index in [0.717, 1.165) is 5.56 Å². The van der Waals surface area contributed by atoms with E-state index in [1.165, 1.54) is 16.5 Å². The number of hydrogen-bond acceptors (Lipinski definition) is 4. The topological polar surface area (TPSA) is 64.8 Å². The summed E-state index contributed by atoms with van der Waals surface area (Å²) < 4.78 is 25.9. The van der Waals surface area contributed by atoms with Gasteiger partial charge in [-0.15, -0.1) is 10.2 Å². The average molecular weight is 293 g/mol. The van der Waals surface area contributed by atoms with E-state index in [1.54, 1.807) is 7.05 Å². The zero-order valence-corrected chi connectivity index (χ0v) is 13.0. The summed E-state index contributed by atoms with van der Waals surface area (Å²) in [6, 6.07) is 7.66.